The van der Waals surface area contributed by atoms with E-state index in [0.29, 0.717) is 0 Å². The molecule has 1 aliphatic carbocycles. The van der Waals surface area contributed by atoms with E-state index in [0.717, 1.165) is 45.2 Å². The van der Waals surface area contributed by atoms with E-state index < -0.39 is 6.43 Å². The molecule has 1 N–H and O–H groups in total. The number of nitrogens with one attached hydrogen (secondary N) is 1. The molecule has 2 aliphatic rings. The van der Waals surface area contributed by atoms with Crippen LogP contribution in [0.15, 0.2) is 0 Å². The minimum absolute atomic E-state index is 0. The summed E-state index contributed by atoms with van der Waals surface area (Å²) in [7, 11) is 0. The Bertz CT molecular complexity index is 181. The molecule has 0 aromatic heterocycles. The van der Waals surface area contributed by atoms with Gasteiger partial charge in [0.15, 0.2) is 0 Å². The van der Waals surface area contributed by atoms with E-state index in [9.17, 15) is 8.78 Å². The van der Waals surface area contributed by atoms with Crippen LogP contribution in [0.3, 0.4) is 0 Å². The van der Waals surface area contributed by atoms with Crippen molar-refractivity contribution < 1.29 is 8.78 Å². The first-order valence-corrected chi connectivity index (χ1v) is 5.21. The zero-order valence-corrected chi connectivity index (χ0v) is 9.09. The smallest absolute Gasteiger partial charge is 0.241 e. The van der Waals surface area contributed by atoms with Gasteiger partial charge in [-0.05, 0) is 50.6 Å². The minimum atomic E-state index is -2.09. The highest BCUT2D eigenvalue weighted by Crippen LogP contribution is 2.49. The highest BCUT2D eigenvalue weighted by molar-refractivity contribution is 5.85. The molecular formula is C10H18ClF2N. The van der Waals surface area contributed by atoms with E-state index in [1.165, 1.54) is 0 Å². The van der Waals surface area contributed by atoms with Crippen molar-refractivity contribution in [3.63, 3.8) is 0 Å². The van der Waals surface area contributed by atoms with Gasteiger partial charge in [-0.2, -0.15) is 0 Å². The van der Waals surface area contributed by atoms with E-state index in [4.69, 9.17) is 0 Å². The third-order valence-electron chi connectivity index (χ3n) is 3.76. The molecule has 1 nitrogen and oxygen atoms in total. The summed E-state index contributed by atoms with van der Waals surface area (Å²) >= 11 is 0. The first-order chi connectivity index (χ1) is 6.22. The van der Waals surface area contributed by atoms with Crippen LogP contribution in [0.2, 0.25) is 0 Å². The fourth-order valence-electron chi connectivity index (χ4n) is 2.88. The van der Waals surface area contributed by atoms with Crippen LogP contribution in [0.1, 0.15) is 32.1 Å². The van der Waals surface area contributed by atoms with Gasteiger partial charge in [-0.3, -0.25) is 0 Å². The second kappa shape index (κ2) is 4.75. The molecule has 14 heavy (non-hydrogen) atoms. The molecule has 0 radical (unpaired) electrons. The maximum atomic E-state index is 12.5. The van der Waals surface area contributed by atoms with E-state index in [-0.39, 0.29) is 23.7 Å². The van der Waals surface area contributed by atoms with Crippen molar-refractivity contribution >= 4 is 12.4 Å². The van der Waals surface area contributed by atoms with Crippen molar-refractivity contribution in [3.8, 4) is 0 Å². The summed E-state index contributed by atoms with van der Waals surface area (Å²) < 4.78 is 24.9. The lowest BCUT2D eigenvalue weighted by Crippen LogP contribution is -2.35. The van der Waals surface area contributed by atoms with E-state index in [1.807, 2.05) is 0 Å². The van der Waals surface area contributed by atoms with Gasteiger partial charge in [-0.15, -0.1) is 12.4 Å². The number of halogens is 3. The Balaban J connectivity index is 0.000000980. The van der Waals surface area contributed by atoms with Crippen molar-refractivity contribution in [3.05, 3.63) is 0 Å². The van der Waals surface area contributed by atoms with Gasteiger partial charge >= 0.3 is 0 Å². The van der Waals surface area contributed by atoms with Crippen LogP contribution in [-0.4, -0.2) is 19.5 Å². The molecular weight excluding hydrogens is 208 g/mol. The van der Waals surface area contributed by atoms with Gasteiger partial charge in [0.05, 0.1) is 0 Å². The molecule has 0 aromatic carbocycles. The Morgan fingerprint density at radius 2 is 1.79 bits per heavy atom. The van der Waals surface area contributed by atoms with Gasteiger partial charge in [-0.1, -0.05) is 0 Å². The lowest BCUT2D eigenvalue weighted by Gasteiger charge is -2.34. The highest BCUT2D eigenvalue weighted by Gasteiger charge is 2.42. The van der Waals surface area contributed by atoms with Crippen LogP contribution in [0.5, 0.6) is 0 Å². The second-order valence-corrected chi connectivity index (χ2v) is 4.59. The highest BCUT2D eigenvalue weighted by atomic mass is 35.5. The molecule has 4 heteroatoms. The van der Waals surface area contributed by atoms with Gasteiger partial charge in [0.1, 0.15) is 0 Å². The van der Waals surface area contributed by atoms with Gasteiger partial charge in [0.2, 0.25) is 6.43 Å². The molecule has 84 valence electrons. The number of hydrogen-bond acceptors (Lipinski definition) is 1. The molecule has 1 saturated heterocycles. The standard InChI is InChI=1S/C10H17F2N.ClH/c11-9(12)8-1-2-10(7-8)3-5-13-6-4-10;/h8-9,13H,1-7H2;1H. The maximum Gasteiger partial charge on any atom is 0.241 e. The predicted molar refractivity (Wildman–Crippen MR) is 55.1 cm³/mol. The summed E-state index contributed by atoms with van der Waals surface area (Å²) in [4.78, 5) is 0. The Kier molecular flexibility index (Phi) is 4.14. The van der Waals surface area contributed by atoms with E-state index >= 15 is 0 Å². The molecule has 1 heterocycles. The molecule has 1 aliphatic heterocycles. The maximum absolute atomic E-state index is 12.5. The van der Waals surface area contributed by atoms with Crippen LogP contribution in [0.25, 0.3) is 0 Å². The van der Waals surface area contributed by atoms with Crippen molar-refractivity contribution in [2.24, 2.45) is 11.3 Å². The average Bonchev–Trinajstić information content (AvgIpc) is 2.51. The Morgan fingerprint density at radius 1 is 1.14 bits per heavy atom. The fourth-order valence-corrected chi connectivity index (χ4v) is 2.88. The Morgan fingerprint density at radius 3 is 2.29 bits per heavy atom. The average molecular weight is 226 g/mol. The first kappa shape index (κ1) is 12.2. The number of rotatable bonds is 1. The summed E-state index contributed by atoms with van der Waals surface area (Å²) in [6.45, 7) is 2.05. The van der Waals surface area contributed by atoms with E-state index in [1.54, 1.807) is 0 Å². The number of alkyl halides is 2. The molecule has 0 aromatic rings. The lowest BCUT2D eigenvalue weighted by molar-refractivity contribution is 0.0686. The van der Waals surface area contributed by atoms with Crippen LogP contribution >= 0.6 is 12.4 Å². The monoisotopic (exact) mass is 225 g/mol. The minimum Gasteiger partial charge on any atom is -0.317 e. The summed E-state index contributed by atoms with van der Waals surface area (Å²) in [6.07, 6.45) is 2.68. The number of piperidine rings is 1. The Labute approximate surface area is 90.0 Å². The number of hydrogen-bond donors (Lipinski definition) is 1. The normalized spacial score (nSPS) is 30.6. The van der Waals surface area contributed by atoms with Gasteiger partial charge in [-0.25, -0.2) is 8.78 Å². The summed E-state index contributed by atoms with van der Waals surface area (Å²) in [6, 6.07) is 0. The van der Waals surface area contributed by atoms with Crippen LogP contribution in [0.4, 0.5) is 8.78 Å². The molecule has 2 fully saturated rings. The predicted octanol–water partition coefficient (Wildman–Crippen LogP) is 2.84. The largest absolute Gasteiger partial charge is 0.317 e. The van der Waals surface area contributed by atoms with Crippen molar-refractivity contribution in [1.82, 2.24) is 5.32 Å². The zero-order valence-electron chi connectivity index (χ0n) is 8.27. The molecule has 1 spiro atoms. The second-order valence-electron chi connectivity index (χ2n) is 4.59. The molecule has 0 bridgehead atoms. The summed E-state index contributed by atoms with van der Waals surface area (Å²) in [5, 5.41) is 3.29. The fraction of sp³-hybridized carbons (Fsp3) is 1.00. The van der Waals surface area contributed by atoms with E-state index in [2.05, 4.69) is 5.32 Å². The lowest BCUT2D eigenvalue weighted by atomic mass is 9.77. The van der Waals surface area contributed by atoms with Gasteiger partial charge in [0.25, 0.3) is 0 Å². The van der Waals surface area contributed by atoms with Gasteiger partial charge < -0.3 is 5.32 Å². The van der Waals surface area contributed by atoms with Gasteiger partial charge in [0, 0.05) is 5.92 Å². The van der Waals surface area contributed by atoms with Crippen molar-refractivity contribution in [2.75, 3.05) is 13.1 Å². The van der Waals surface area contributed by atoms with Crippen LogP contribution in [0, 0.1) is 11.3 Å². The summed E-state index contributed by atoms with van der Waals surface area (Å²) in [5.41, 5.74) is 0.284. The molecule has 0 amide bonds. The SMILES string of the molecule is Cl.FC(F)C1CCC2(CCNCC2)C1. The molecule has 1 saturated carbocycles. The topological polar surface area (TPSA) is 12.0 Å². The Hall–Kier alpha value is 0.110. The summed E-state index contributed by atoms with van der Waals surface area (Å²) in [5.74, 6) is -0.307. The quantitative estimate of drug-likeness (QED) is 0.724. The van der Waals surface area contributed by atoms with Crippen molar-refractivity contribution in [1.29, 1.82) is 0 Å². The van der Waals surface area contributed by atoms with Crippen LogP contribution in [-0.2, 0) is 0 Å². The molecule has 2 rings (SSSR count). The first-order valence-electron chi connectivity index (χ1n) is 5.21. The zero-order chi connectivity index (χ0) is 9.31. The third kappa shape index (κ3) is 2.37. The van der Waals surface area contributed by atoms with Crippen molar-refractivity contribution in [2.45, 2.75) is 38.5 Å². The molecule has 1 atom stereocenters. The van der Waals surface area contributed by atoms with Crippen LogP contribution < -0.4 is 5.32 Å². The molecule has 1 unspecified atom stereocenters. The third-order valence-corrected chi connectivity index (χ3v) is 3.76.